The molecular weight excluding hydrogens is 350 g/mol. The first-order valence-corrected chi connectivity index (χ1v) is 8.38. The second-order valence-corrected chi connectivity index (χ2v) is 6.26. The van der Waals surface area contributed by atoms with Crippen molar-refractivity contribution in [2.24, 2.45) is 0 Å². The van der Waals surface area contributed by atoms with Crippen LogP contribution in [-0.4, -0.2) is 20.7 Å². The first-order valence-electron chi connectivity index (χ1n) is 8.01. The monoisotopic (exact) mass is 363 g/mol. The second kappa shape index (κ2) is 6.98. The Morgan fingerprint density at radius 1 is 1.08 bits per heavy atom. The Morgan fingerprint density at radius 3 is 2.65 bits per heavy atom. The first kappa shape index (κ1) is 16.3. The van der Waals surface area contributed by atoms with Crippen molar-refractivity contribution in [3.05, 3.63) is 83.7 Å². The van der Waals surface area contributed by atoms with E-state index in [-0.39, 0.29) is 12.2 Å². The normalized spacial score (nSPS) is 10.8. The summed E-state index contributed by atoms with van der Waals surface area (Å²) in [5, 5.41) is 0.668. The molecule has 2 aromatic heterocycles. The minimum Gasteiger partial charge on any atom is -0.451 e. The zero-order valence-electron chi connectivity index (χ0n) is 13.6. The molecule has 5 nitrogen and oxygen atoms in total. The van der Waals surface area contributed by atoms with Crippen LogP contribution in [0, 0.1) is 0 Å². The van der Waals surface area contributed by atoms with Crippen LogP contribution in [0.2, 0.25) is 5.02 Å². The lowest BCUT2D eigenvalue weighted by Crippen LogP contribution is -2.03. The number of oxazole rings is 1. The summed E-state index contributed by atoms with van der Waals surface area (Å²) >= 11 is 6.03. The van der Waals surface area contributed by atoms with Gasteiger partial charge >= 0.3 is 0 Å². The molecule has 0 saturated carbocycles. The second-order valence-electron chi connectivity index (χ2n) is 5.83. The van der Waals surface area contributed by atoms with Gasteiger partial charge in [-0.2, -0.15) is 0 Å². The fraction of sp³-hybridized carbons (Fsp3) is 0.0500. The SMILES string of the molecule is O=C(Cc1ccc(-c2cnc(-c3cccc(Cl)c3)[nH]2)cc1)c1cocn1. The molecule has 0 bridgehead atoms. The summed E-state index contributed by atoms with van der Waals surface area (Å²) < 4.78 is 4.85. The smallest absolute Gasteiger partial charge is 0.188 e. The summed E-state index contributed by atoms with van der Waals surface area (Å²) in [6, 6.07) is 15.3. The molecule has 0 aliphatic heterocycles. The Morgan fingerprint density at radius 2 is 1.92 bits per heavy atom. The number of hydrogen-bond acceptors (Lipinski definition) is 4. The third kappa shape index (κ3) is 3.43. The van der Waals surface area contributed by atoms with Crippen molar-refractivity contribution >= 4 is 17.4 Å². The van der Waals surface area contributed by atoms with Crippen molar-refractivity contribution in [3.8, 4) is 22.6 Å². The van der Waals surface area contributed by atoms with Gasteiger partial charge in [-0.05, 0) is 23.3 Å². The van der Waals surface area contributed by atoms with E-state index in [4.69, 9.17) is 16.0 Å². The minimum absolute atomic E-state index is 0.0729. The molecule has 4 rings (SSSR count). The number of nitrogens with one attached hydrogen (secondary N) is 1. The van der Waals surface area contributed by atoms with E-state index in [9.17, 15) is 4.79 Å². The number of aromatic nitrogens is 3. The highest BCUT2D eigenvalue weighted by Crippen LogP contribution is 2.24. The lowest BCUT2D eigenvalue weighted by atomic mass is 10.0. The number of aromatic amines is 1. The Kier molecular flexibility index (Phi) is 4.37. The van der Waals surface area contributed by atoms with E-state index in [0.29, 0.717) is 10.7 Å². The summed E-state index contributed by atoms with van der Waals surface area (Å²) in [5.41, 5.74) is 4.07. The zero-order chi connectivity index (χ0) is 17.9. The number of ketones is 1. The average molecular weight is 364 g/mol. The summed E-state index contributed by atoms with van der Waals surface area (Å²) in [6.07, 6.45) is 4.68. The van der Waals surface area contributed by atoms with Crippen LogP contribution in [0.3, 0.4) is 0 Å². The molecule has 0 amide bonds. The predicted octanol–water partition coefficient (Wildman–Crippen LogP) is 4.81. The van der Waals surface area contributed by atoms with Crippen molar-refractivity contribution in [3.63, 3.8) is 0 Å². The number of benzene rings is 2. The summed E-state index contributed by atoms with van der Waals surface area (Å²) in [6.45, 7) is 0. The van der Waals surface area contributed by atoms with Crippen LogP contribution < -0.4 is 0 Å². The van der Waals surface area contributed by atoms with Crippen molar-refractivity contribution in [1.29, 1.82) is 0 Å². The van der Waals surface area contributed by atoms with Crippen LogP contribution in [-0.2, 0) is 6.42 Å². The van der Waals surface area contributed by atoms with Crippen LogP contribution in [0.5, 0.6) is 0 Å². The fourth-order valence-corrected chi connectivity index (χ4v) is 2.87. The quantitative estimate of drug-likeness (QED) is 0.516. The van der Waals surface area contributed by atoms with Gasteiger partial charge in [0.25, 0.3) is 0 Å². The molecule has 0 fully saturated rings. The van der Waals surface area contributed by atoms with Gasteiger partial charge in [0.05, 0.1) is 11.9 Å². The minimum atomic E-state index is -0.0729. The molecular formula is C20H14ClN3O2. The van der Waals surface area contributed by atoms with Gasteiger partial charge in [0.1, 0.15) is 17.8 Å². The highest BCUT2D eigenvalue weighted by molar-refractivity contribution is 6.30. The molecule has 4 aromatic rings. The number of hydrogen-bond donors (Lipinski definition) is 1. The summed E-state index contributed by atoms with van der Waals surface area (Å²) in [5.74, 6) is 0.684. The predicted molar refractivity (Wildman–Crippen MR) is 99.0 cm³/mol. The number of Topliss-reactive ketones (excluding diaryl/α,β-unsaturated/α-hetero) is 1. The van der Waals surface area contributed by atoms with Crippen LogP contribution >= 0.6 is 11.6 Å². The van der Waals surface area contributed by atoms with Crippen LogP contribution in [0.25, 0.3) is 22.6 Å². The van der Waals surface area contributed by atoms with Crippen LogP contribution in [0.1, 0.15) is 16.1 Å². The number of carbonyl (C=O) groups is 1. The number of rotatable bonds is 5. The largest absolute Gasteiger partial charge is 0.451 e. The standard InChI is InChI=1S/C20H14ClN3O2/c21-16-3-1-2-15(9-16)20-22-10-17(24-20)14-6-4-13(5-7-14)8-19(25)18-11-26-12-23-18/h1-7,9-12H,8H2,(H,22,24). The Bertz CT molecular complexity index is 1040. The number of imidazole rings is 1. The molecule has 2 heterocycles. The summed E-state index contributed by atoms with van der Waals surface area (Å²) in [7, 11) is 0. The maximum absolute atomic E-state index is 12.1. The van der Waals surface area contributed by atoms with E-state index in [1.54, 1.807) is 6.20 Å². The van der Waals surface area contributed by atoms with Gasteiger partial charge in [-0.15, -0.1) is 0 Å². The van der Waals surface area contributed by atoms with Crippen molar-refractivity contribution in [2.75, 3.05) is 0 Å². The van der Waals surface area contributed by atoms with Crippen molar-refractivity contribution in [1.82, 2.24) is 15.0 Å². The highest BCUT2D eigenvalue weighted by Gasteiger charge is 2.11. The lowest BCUT2D eigenvalue weighted by Gasteiger charge is -2.02. The topological polar surface area (TPSA) is 71.8 Å². The lowest BCUT2D eigenvalue weighted by molar-refractivity contribution is 0.0988. The third-order valence-electron chi connectivity index (χ3n) is 4.02. The molecule has 0 radical (unpaired) electrons. The molecule has 0 spiro atoms. The van der Waals surface area contributed by atoms with E-state index in [0.717, 1.165) is 28.2 Å². The average Bonchev–Trinajstić information content (AvgIpc) is 3.35. The molecule has 0 saturated heterocycles. The first-order chi connectivity index (χ1) is 12.7. The van der Waals surface area contributed by atoms with Gasteiger partial charge in [-0.3, -0.25) is 4.79 Å². The molecule has 2 aromatic carbocycles. The number of carbonyl (C=O) groups excluding carboxylic acids is 1. The van der Waals surface area contributed by atoms with Gasteiger partial charge in [-0.1, -0.05) is 48.0 Å². The van der Waals surface area contributed by atoms with Crippen molar-refractivity contribution in [2.45, 2.75) is 6.42 Å². The van der Waals surface area contributed by atoms with Gasteiger partial charge in [0, 0.05) is 17.0 Å². The third-order valence-corrected chi connectivity index (χ3v) is 4.26. The molecule has 26 heavy (non-hydrogen) atoms. The van der Waals surface area contributed by atoms with E-state index >= 15 is 0 Å². The van der Waals surface area contributed by atoms with E-state index < -0.39 is 0 Å². The molecule has 128 valence electrons. The zero-order valence-corrected chi connectivity index (χ0v) is 14.4. The molecule has 0 unspecified atom stereocenters. The van der Waals surface area contributed by atoms with Crippen LogP contribution in [0.4, 0.5) is 0 Å². The van der Waals surface area contributed by atoms with Crippen LogP contribution in [0.15, 0.2) is 71.8 Å². The Labute approximate surface area is 154 Å². The molecule has 6 heteroatoms. The Hall–Kier alpha value is -3.18. The molecule has 1 N–H and O–H groups in total. The Balaban J connectivity index is 1.51. The molecule has 0 aliphatic rings. The molecule has 0 atom stereocenters. The maximum Gasteiger partial charge on any atom is 0.188 e. The van der Waals surface area contributed by atoms with Gasteiger partial charge < -0.3 is 9.40 Å². The summed E-state index contributed by atoms with van der Waals surface area (Å²) in [4.78, 5) is 23.7. The van der Waals surface area contributed by atoms with E-state index in [1.807, 2.05) is 48.5 Å². The number of H-pyrrole nitrogens is 1. The number of nitrogens with zero attached hydrogens (tertiary/aromatic N) is 2. The van der Waals surface area contributed by atoms with Gasteiger partial charge in [0.15, 0.2) is 12.2 Å². The van der Waals surface area contributed by atoms with E-state index in [2.05, 4.69) is 15.0 Å². The van der Waals surface area contributed by atoms with Crippen molar-refractivity contribution < 1.29 is 9.21 Å². The highest BCUT2D eigenvalue weighted by atomic mass is 35.5. The van der Waals surface area contributed by atoms with Gasteiger partial charge in [0.2, 0.25) is 0 Å². The maximum atomic E-state index is 12.1. The van der Waals surface area contributed by atoms with E-state index in [1.165, 1.54) is 12.7 Å². The van der Waals surface area contributed by atoms with Gasteiger partial charge in [-0.25, -0.2) is 9.97 Å². The fourth-order valence-electron chi connectivity index (χ4n) is 2.68. The molecule has 0 aliphatic carbocycles. The number of halogens is 1.